The first kappa shape index (κ1) is 29.4. The van der Waals surface area contributed by atoms with E-state index in [-0.39, 0.29) is 12.1 Å². The zero-order chi connectivity index (χ0) is 29.7. The number of aliphatic hydroxyl groups is 1. The molecule has 11 heteroatoms. The van der Waals surface area contributed by atoms with E-state index in [1.54, 1.807) is 42.8 Å². The van der Waals surface area contributed by atoms with Gasteiger partial charge in [-0.05, 0) is 76.2 Å². The van der Waals surface area contributed by atoms with E-state index in [1.807, 2.05) is 12.1 Å². The van der Waals surface area contributed by atoms with E-state index in [2.05, 4.69) is 43.8 Å². The number of hydrogen-bond donors (Lipinski definition) is 3. The summed E-state index contributed by atoms with van der Waals surface area (Å²) >= 11 is 0. The van der Waals surface area contributed by atoms with Crippen LogP contribution in [0.2, 0.25) is 0 Å². The number of benzene rings is 1. The van der Waals surface area contributed by atoms with Crippen LogP contribution < -0.4 is 21.5 Å². The summed E-state index contributed by atoms with van der Waals surface area (Å²) in [4.78, 5) is 32.0. The van der Waals surface area contributed by atoms with Gasteiger partial charge in [0.15, 0.2) is 11.5 Å². The summed E-state index contributed by atoms with van der Waals surface area (Å²) in [5, 5.41) is 14.2. The van der Waals surface area contributed by atoms with Crippen LogP contribution in [-0.2, 0) is 12.1 Å². The maximum Gasteiger partial charge on any atom is 0.278 e. The molecule has 4 heterocycles. The van der Waals surface area contributed by atoms with Crippen molar-refractivity contribution in [2.45, 2.75) is 45.3 Å². The highest BCUT2D eigenvalue weighted by atomic mass is 16.3. The third-order valence-electron chi connectivity index (χ3n) is 7.60. The SMILES string of the molecule is C=CCn1c(=O)c2cnc(Nc3ccc(N4CCN(CCCCCN)CC4)cc3)nc2n1-c1cccc(C(C)(C)O)n1. The monoisotopic (exact) mass is 571 g/mol. The van der Waals surface area contributed by atoms with Crippen molar-refractivity contribution in [3.05, 3.63) is 77.4 Å². The van der Waals surface area contributed by atoms with Crippen LogP contribution in [-0.4, -0.2) is 73.6 Å². The number of allylic oxidation sites excluding steroid dienone is 1. The van der Waals surface area contributed by atoms with Crippen molar-refractivity contribution in [3.63, 3.8) is 0 Å². The number of nitrogens with zero attached hydrogens (tertiary/aromatic N) is 7. The number of aromatic nitrogens is 5. The van der Waals surface area contributed by atoms with Gasteiger partial charge in [0.05, 0.1) is 12.2 Å². The van der Waals surface area contributed by atoms with Gasteiger partial charge in [-0.25, -0.2) is 19.3 Å². The predicted molar refractivity (Wildman–Crippen MR) is 168 cm³/mol. The molecule has 4 N–H and O–H groups in total. The second-order valence-electron chi connectivity index (χ2n) is 11.2. The molecule has 0 atom stereocenters. The molecule has 1 aromatic carbocycles. The number of nitrogens with one attached hydrogen (secondary N) is 1. The Hall–Kier alpha value is -4.06. The van der Waals surface area contributed by atoms with E-state index >= 15 is 0 Å². The van der Waals surface area contributed by atoms with Crippen molar-refractivity contribution in [2.75, 3.05) is 49.5 Å². The number of unbranched alkanes of at least 4 members (excludes halogenated alkanes) is 2. The van der Waals surface area contributed by atoms with E-state index in [4.69, 9.17) is 10.7 Å². The lowest BCUT2D eigenvalue weighted by Crippen LogP contribution is -2.46. The highest BCUT2D eigenvalue weighted by Gasteiger charge is 2.22. The molecule has 0 aliphatic carbocycles. The highest BCUT2D eigenvalue weighted by molar-refractivity contribution is 5.77. The largest absolute Gasteiger partial charge is 0.384 e. The fourth-order valence-corrected chi connectivity index (χ4v) is 5.26. The van der Waals surface area contributed by atoms with Crippen molar-refractivity contribution in [3.8, 4) is 5.82 Å². The molecular weight excluding hydrogens is 530 g/mol. The van der Waals surface area contributed by atoms with Crippen LogP contribution >= 0.6 is 0 Å². The molecule has 1 saturated heterocycles. The van der Waals surface area contributed by atoms with Crippen LogP contribution in [0.15, 0.2) is 66.1 Å². The maximum absolute atomic E-state index is 13.3. The lowest BCUT2D eigenvalue weighted by molar-refractivity contribution is 0.0738. The summed E-state index contributed by atoms with van der Waals surface area (Å²) in [6, 6.07) is 13.6. The van der Waals surface area contributed by atoms with Gasteiger partial charge in [-0.1, -0.05) is 18.6 Å². The fraction of sp³-hybridized carbons (Fsp3) is 0.419. The van der Waals surface area contributed by atoms with Gasteiger partial charge in [-0.15, -0.1) is 6.58 Å². The Kier molecular flexibility index (Phi) is 9.00. The first-order valence-corrected chi connectivity index (χ1v) is 14.6. The minimum absolute atomic E-state index is 0.244. The maximum atomic E-state index is 13.3. The quantitative estimate of drug-likeness (QED) is 0.173. The zero-order valence-corrected chi connectivity index (χ0v) is 24.5. The lowest BCUT2D eigenvalue weighted by Gasteiger charge is -2.36. The first-order valence-electron chi connectivity index (χ1n) is 14.6. The van der Waals surface area contributed by atoms with Crippen LogP contribution in [0, 0.1) is 0 Å². The zero-order valence-electron chi connectivity index (χ0n) is 24.5. The summed E-state index contributed by atoms with van der Waals surface area (Å²) in [5.74, 6) is 0.829. The molecule has 5 rings (SSSR count). The molecule has 4 aromatic rings. The van der Waals surface area contributed by atoms with E-state index in [0.29, 0.717) is 28.5 Å². The highest BCUT2D eigenvalue weighted by Crippen LogP contribution is 2.24. The van der Waals surface area contributed by atoms with Gasteiger partial charge in [-0.2, -0.15) is 4.98 Å². The van der Waals surface area contributed by atoms with E-state index in [1.165, 1.54) is 29.4 Å². The summed E-state index contributed by atoms with van der Waals surface area (Å²) in [7, 11) is 0. The molecule has 0 spiro atoms. The number of fused-ring (bicyclic) bond motifs is 1. The van der Waals surface area contributed by atoms with Crippen molar-refractivity contribution < 1.29 is 5.11 Å². The summed E-state index contributed by atoms with van der Waals surface area (Å²) in [6.07, 6.45) is 6.70. The molecule has 0 saturated carbocycles. The van der Waals surface area contributed by atoms with Gasteiger partial charge in [-0.3, -0.25) is 9.69 Å². The van der Waals surface area contributed by atoms with Crippen LogP contribution in [0.1, 0.15) is 38.8 Å². The first-order chi connectivity index (χ1) is 20.3. The van der Waals surface area contributed by atoms with E-state index < -0.39 is 5.60 Å². The fourth-order valence-electron chi connectivity index (χ4n) is 5.26. The summed E-state index contributed by atoms with van der Waals surface area (Å²) in [6.45, 7) is 13.5. The average Bonchev–Trinajstić information content (AvgIpc) is 3.26. The molecule has 1 fully saturated rings. The van der Waals surface area contributed by atoms with Gasteiger partial charge >= 0.3 is 0 Å². The van der Waals surface area contributed by atoms with Crippen molar-refractivity contribution in [1.82, 2.24) is 29.2 Å². The Morgan fingerprint density at radius 2 is 1.81 bits per heavy atom. The summed E-state index contributed by atoms with van der Waals surface area (Å²) < 4.78 is 3.17. The van der Waals surface area contributed by atoms with Crippen LogP contribution in [0.4, 0.5) is 17.3 Å². The molecule has 222 valence electrons. The van der Waals surface area contributed by atoms with Crippen LogP contribution in [0.3, 0.4) is 0 Å². The standard InChI is InChI=1S/C31H41N9O2/c1-4-16-39-29(41)25-22-33-30(36-28(25)40(39)27-10-8-9-26(35-27)31(2,3)42)34-23-11-13-24(14-12-23)38-20-18-37(19-21-38)17-7-5-6-15-32/h4,8-14,22,42H,1,5-7,15-21,32H2,2-3H3,(H,33,34,36). The van der Waals surface area contributed by atoms with E-state index in [0.717, 1.165) is 51.4 Å². The van der Waals surface area contributed by atoms with Gasteiger partial charge < -0.3 is 21.1 Å². The normalized spacial score (nSPS) is 14.4. The number of rotatable bonds is 12. The number of nitrogens with two attached hydrogens (primary N) is 1. The molecule has 0 unspecified atom stereocenters. The number of anilines is 3. The van der Waals surface area contributed by atoms with Crippen molar-refractivity contribution in [1.29, 1.82) is 0 Å². The Labute approximate surface area is 246 Å². The Morgan fingerprint density at radius 1 is 1.05 bits per heavy atom. The third kappa shape index (κ3) is 6.53. The predicted octanol–water partition coefficient (Wildman–Crippen LogP) is 3.39. The van der Waals surface area contributed by atoms with Gasteiger partial charge in [0.2, 0.25) is 5.95 Å². The molecule has 0 amide bonds. The second-order valence-corrected chi connectivity index (χ2v) is 11.2. The van der Waals surface area contributed by atoms with Gasteiger partial charge in [0.1, 0.15) is 11.0 Å². The molecule has 0 radical (unpaired) electrons. The Bertz CT molecular complexity index is 1560. The van der Waals surface area contributed by atoms with Crippen LogP contribution in [0.5, 0.6) is 0 Å². The average molecular weight is 572 g/mol. The molecule has 0 bridgehead atoms. The topological polar surface area (TPSA) is 130 Å². The van der Waals surface area contributed by atoms with Crippen molar-refractivity contribution >= 4 is 28.4 Å². The molecule has 11 nitrogen and oxygen atoms in total. The molecule has 42 heavy (non-hydrogen) atoms. The molecule has 1 aliphatic rings. The minimum Gasteiger partial charge on any atom is -0.384 e. The second kappa shape index (κ2) is 12.8. The molecule has 3 aromatic heterocycles. The lowest BCUT2D eigenvalue weighted by atomic mass is 10.1. The Morgan fingerprint density at radius 3 is 2.50 bits per heavy atom. The van der Waals surface area contributed by atoms with Crippen molar-refractivity contribution in [2.24, 2.45) is 5.73 Å². The number of piperazine rings is 1. The third-order valence-corrected chi connectivity index (χ3v) is 7.60. The molecule has 1 aliphatic heterocycles. The number of hydrogen-bond acceptors (Lipinski definition) is 9. The summed E-state index contributed by atoms with van der Waals surface area (Å²) in [5.41, 5.74) is 7.15. The van der Waals surface area contributed by atoms with Gasteiger partial charge in [0.25, 0.3) is 5.56 Å². The number of pyridine rings is 1. The van der Waals surface area contributed by atoms with Crippen LogP contribution in [0.25, 0.3) is 16.9 Å². The molecular formula is C31H41N9O2. The minimum atomic E-state index is -1.14. The van der Waals surface area contributed by atoms with E-state index in [9.17, 15) is 9.90 Å². The Balaban J connectivity index is 1.34. The smallest absolute Gasteiger partial charge is 0.278 e. The van der Waals surface area contributed by atoms with Gasteiger partial charge in [0, 0.05) is 43.8 Å².